The molecule has 74 valence electrons. The summed E-state index contributed by atoms with van der Waals surface area (Å²) in [7, 11) is 0. The zero-order chi connectivity index (χ0) is 9.97. The van der Waals surface area contributed by atoms with E-state index in [1.54, 1.807) is 24.5 Å². The zero-order valence-electron chi connectivity index (χ0n) is 7.92. The zero-order valence-corrected chi connectivity index (χ0v) is 8.74. The molecule has 0 spiro atoms. The normalized spacial score (nSPS) is 13.0. The quantitative estimate of drug-likeness (QED) is 0.837. The topological polar surface area (TPSA) is 38.0 Å². The van der Waals surface area contributed by atoms with Crippen molar-refractivity contribution in [1.29, 1.82) is 0 Å². The van der Waals surface area contributed by atoms with E-state index in [1.165, 1.54) is 0 Å². The van der Waals surface area contributed by atoms with E-state index in [9.17, 15) is 5.11 Å². The van der Waals surface area contributed by atoms with Gasteiger partial charge >= 0.3 is 0 Å². The minimum Gasteiger partial charge on any atom is -0.392 e. The third kappa shape index (κ3) is 1.86. The van der Waals surface area contributed by atoms with Crippen LogP contribution in [0.3, 0.4) is 0 Å². The van der Waals surface area contributed by atoms with Crippen LogP contribution in [-0.2, 0) is 6.54 Å². The van der Waals surface area contributed by atoms with E-state index in [1.807, 2.05) is 28.3 Å². The summed E-state index contributed by atoms with van der Waals surface area (Å²) in [6.45, 7) is 2.37. The van der Waals surface area contributed by atoms with Gasteiger partial charge in [-0.15, -0.1) is 11.3 Å². The summed E-state index contributed by atoms with van der Waals surface area (Å²) in [6.07, 6.45) is 3.31. The highest BCUT2D eigenvalue weighted by Crippen LogP contribution is 2.22. The first-order valence-electron chi connectivity index (χ1n) is 4.50. The van der Waals surface area contributed by atoms with E-state index in [4.69, 9.17) is 0 Å². The molecule has 0 bridgehead atoms. The summed E-state index contributed by atoms with van der Waals surface area (Å²) in [4.78, 5) is 5.41. The number of thiophene rings is 1. The predicted octanol–water partition coefficient (Wildman–Crippen LogP) is 1.99. The predicted molar refractivity (Wildman–Crippen MR) is 57.2 cm³/mol. The molecule has 2 aromatic rings. The lowest BCUT2D eigenvalue weighted by molar-refractivity contribution is 0.174. The Bertz CT molecular complexity index is 392. The minimum atomic E-state index is -0.345. The third-order valence-electron chi connectivity index (χ3n) is 1.92. The number of nitrogens with zero attached hydrogens (tertiary/aromatic N) is 2. The number of hydrogen-bond acceptors (Lipinski definition) is 3. The summed E-state index contributed by atoms with van der Waals surface area (Å²) < 4.78 is 1.97. The Labute approximate surface area is 86.7 Å². The number of aromatic nitrogens is 2. The second-order valence-corrected chi connectivity index (χ2v) is 4.18. The van der Waals surface area contributed by atoms with Gasteiger partial charge in [-0.3, -0.25) is 0 Å². The maximum absolute atomic E-state index is 9.30. The first kappa shape index (κ1) is 9.43. The maximum Gasteiger partial charge on any atom is 0.150 e. The van der Waals surface area contributed by atoms with Crippen molar-refractivity contribution in [2.75, 3.05) is 0 Å². The summed E-state index contributed by atoms with van der Waals surface area (Å²) in [6, 6.07) is 4.03. The molecule has 2 aromatic heterocycles. The molecule has 0 amide bonds. The molecule has 0 saturated heterocycles. The van der Waals surface area contributed by atoms with Crippen LogP contribution >= 0.6 is 11.3 Å². The van der Waals surface area contributed by atoms with E-state index in [2.05, 4.69) is 4.98 Å². The highest BCUT2D eigenvalue weighted by Gasteiger charge is 2.07. The van der Waals surface area contributed by atoms with Crippen molar-refractivity contribution in [3.63, 3.8) is 0 Å². The van der Waals surface area contributed by atoms with Gasteiger partial charge in [-0.25, -0.2) is 4.98 Å². The lowest BCUT2D eigenvalue weighted by atomic mass is 10.4. The van der Waals surface area contributed by atoms with Crippen molar-refractivity contribution in [2.24, 2.45) is 0 Å². The van der Waals surface area contributed by atoms with Crippen molar-refractivity contribution in [1.82, 2.24) is 9.55 Å². The Morgan fingerprint density at radius 2 is 2.50 bits per heavy atom. The lowest BCUT2D eigenvalue weighted by Gasteiger charge is -2.08. The molecule has 0 aliphatic heterocycles. The first-order chi connectivity index (χ1) is 6.77. The number of imidazole rings is 1. The van der Waals surface area contributed by atoms with Gasteiger partial charge < -0.3 is 9.67 Å². The molecule has 1 N–H and O–H groups in total. The molecule has 0 unspecified atom stereocenters. The first-order valence-corrected chi connectivity index (χ1v) is 5.38. The van der Waals surface area contributed by atoms with Crippen molar-refractivity contribution in [2.45, 2.75) is 19.6 Å². The molecule has 2 heterocycles. The molecule has 0 saturated carbocycles. The molecule has 0 fully saturated rings. The molecule has 0 aromatic carbocycles. The Morgan fingerprint density at radius 3 is 3.14 bits per heavy atom. The van der Waals surface area contributed by atoms with Crippen LogP contribution in [0.5, 0.6) is 0 Å². The van der Waals surface area contributed by atoms with E-state index >= 15 is 0 Å². The lowest BCUT2D eigenvalue weighted by Crippen LogP contribution is -2.11. The SMILES string of the molecule is C[C@H](O)Cn1ccnc1-c1cccs1. The van der Waals surface area contributed by atoms with Crippen molar-refractivity contribution < 1.29 is 5.11 Å². The summed E-state index contributed by atoms with van der Waals surface area (Å²) >= 11 is 1.66. The van der Waals surface area contributed by atoms with Gasteiger partial charge in [-0.1, -0.05) is 6.07 Å². The fourth-order valence-corrected chi connectivity index (χ4v) is 2.11. The van der Waals surface area contributed by atoms with Gasteiger partial charge in [0.05, 0.1) is 11.0 Å². The minimum absolute atomic E-state index is 0.345. The number of rotatable bonds is 3. The third-order valence-corrected chi connectivity index (χ3v) is 2.78. The number of aliphatic hydroxyl groups excluding tert-OH is 1. The van der Waals surface area contributed by atoms with Gasteiger partial charge in [-0.2, -0.15) is 0 Å². The van der Waals surface area contributed by atoms with Gasteiger partial charge in [-0.05, 0) is 18.4 Å². The molecule has 2 rings (SSSR count). The second-order valence-electron chi connectivity index (χ2n) is 3.23. The van der Waals surface area contributed by atoms with Crippen LogP contribution in [0.2, 0.25) is 0 Å². The van der Waals surface area contributed by atoms with Crippen molar-refractivity contribution in [3.8, 4) is 10.7 Å². The average Bonchev–Trinajstić information content (AvgIpc) is 2.70. The van der Waals surface area contributed by atoms with Crippen LogP contribution in [0.25, 0.3) is 10.7 Å². The van der Waals surface area contributed by atoms with Crippen LogP contribution in [-0.4, -0.2) is 20.8 Å². The molecule has 0 aliphatic rings. The molecular formula is C10H12N2OS. The highest BCUT2D eigenvalue weighted by molar-refractivity contribution is 7.13. The molecule has 3 nitrogen and oxygen atoms in total. The van der Waals surface area contributed by atoms with E-state index < -0.39 is 0 Å². The largest absolute Gasteiger partial charge is 0.392 e. The Hall–Kier alpha value is -1.13. The Balaban J connectivity index is 2.30. The van der Waals surface area contributed by atoms with Crippen LogP contribution in [0.4, 0.5) is 0 Å². The standard InChI is InChI=1S/C10H12N2OS/c1-8(13)7-12-5-4-11-10(12)9-3-2-6-14-9/h2-6,8,13H,7H2,1H3/t8-/m0/s1. The van der Waals surface area contributed by atoms with Gasteiger partial charge in [0.15, 0.2) is 0 Å². The molecular weight excluding hydrogens is 196 g/mol. The van der Waals surface area contributed by atoms with Gasteiger partial charge in [0.1, 0.15) is 5.82 Å². The van der Waals surface area contributed by atoms with Crippen LogP contribution in [0.1, 0.15) is 6.92 Å². The molecule has 1 atom stereocenters. The second kappa shape index (κ2) is 3.94. The van der Waals surface area contributed by atoms with Crippen LogP contribution < -0.4 is 0 Å². The van der Waals surface area contributed by atoms with Gasteiger partial charge in [0.25, 0.3) is 0 Å². The average molecular weight is 208 g/mol. The van der Waals surface area contributed by atoms with Crippen LogP contribution in [0, 0.1) is 0 Å². The summed E-state index contributed by atoms with van der Waals surface area (Å²) in [5.41, 5.74) is 0. The number of hydrogen-bond donors (Lipinski definition) is 1. The fraction of sp³-hybridized carbons (Fsp3) is 0.300. The van der Waals surface area contributed by atoms with Crippen molar-refractivity contribution >= 4 is 11.3 Å². The smallest absolute Gasteiger partial charge is 0.150 e. The molecule has 14 heavy (non-hydrogen) atoms. The summed E-state index contributed by atoms with van der Waals surface area (Å²) in [5, 5.41) is 11.3. The Kier molecular flexibility index (Phi) is 2.65. The van der Waals surface area contributed by atoms with E-state index in [0.717, 1.165) is 10.7 Å². The highest BCUT2D eigenvalue weighted by atomic mass is 32.1. The van der Waals surface area contributed by atoms with Crippen molar-refractivity contribution in [3.05, 3.63) is 29.9 Å². The van der Waals surface area contributed by atoms with E-state index in [-0.39, 0.29) is 6.10 Å². The van der Waals surface area contributed by atoms with E-state index in [0.29, 0.717) is 6.54 Å². The molecule has 4 heteroatoms. The maximum atomic E-state index is 9.30. The van der Waals surface area contributed by atoms with Gasteiger partial charge in [0, 0.05) is 18.9 Å². The van der Waals surface area contributed by atoms with Gasteiger partial charge in [0.2, 0.25) is 0 Å². The Morgan fingerprint density at radius 1 is 1.64 bits per heavy atom. The number of aliphatic hydroxyl groups is 1. The molecule has 0 radical (unpaired) electrons. The monoisotopic (exact) mass is 208 g/mol. The fourth-order valence-electron chi connectivity index (χ4n) is 1.37. The molecule has 0 aliphatic carbocycles. The van der Waals surface area contributed by atoms with Crippen LogP contribution in [0.15, 0.2) is 29.9 Å². The summed E-state index contributed by atoms with van der Waals surface area (Å²) in [5.74, 6) is 0.931.